The molecule has 0 bridgehead atoms. The van der Waals surface area contributed by atoms with Crippen molar-refractivity contribution in [2.75, 3.05) is 0 Å². The Morgan fingerprint density at radius 3 is 1.62 bits per heavy atom. The SMILES string of the molecule is CC1(C)OB(c2ccc(-c3cccc4c3oc3c(-c5cccc(-c6ccccc6)c5)cccc34)cc2)OC1(C)C. The van der Waals surface area contributed by atoms with Crippen LogP contribution in [-0.4, -0.2) is 18.3 Å². The maximum absolute atomic E-state index is 6.70. The molecule has 196 valence electrons. The lowest BCUT2D eigenvalue weighted by Gasteiger charge is -2.32. The van der Waals surface area contributed by atoms with Gasteiger partial charge < -0.3 is 13.7 Å². The first-order valence-electron chi connectivity index (χ1n) is 13.9. The van der Waals surface area contributed by atoms with Crippen LogP contribution in [0.2, 0.25) is 0 Å². The first kappa shape index (κ1) is 24.9. The minimum atomic E-state index is -0.379. The summed E-state index contributed by atoms with van der Waals surface area (Å²) < 4.78 is 19.2. The van der Waals surface area contributed by atoms with Crippen molar-refractivity contribution < 1.29 is 13.7 Å². The second-order valence-electron chi connectivity index (χ2n) is 11.6. The average Bonchev–Trinajstić information content (AvgIpc) is 3.46. The average molecular weight is 522 g/mol. The molecule has 0 saturated carbocycles. The third kappa shape index (κ3) is 4.07. The highest BCUT2D eigenvalue weighted by atomic mass is 16.7. The third-order valence-corrected chi connectivity index (χ3v) is 8.55. The molecule has 0 radical (unpaired) electrons. The molecule has 6 aromatic rings. The van der Waals surface area contributed by atoms with Crippen molar-refractivity contribution in [3.63, 3.8) is 0 Å². The normalized spacial score (nSPS) is 16.1. The van der Waals surface area contributed by atoms with Gasteiger partial charge in [0.15, 0.2) is 0 Å². The molecule has 0 spiro atoms. The number of furan rings is 1. The van der Waals surface area contributed by atoms with Gasteiger partial charge in [-0.3, -0.25) is 0 Å². The molecular weight excluding hydrogens is 491 g/mol. The zero-order valence-electron chi connectivity index (χ0n) is 23.3. The number of hydrogen-bond donors (Lipinski definition) is 0. The van der Waals surface area contributed by atoms with Crippen LogP contribution < -0.4 is 5.46 Å². The van der Waals surface area contributed by atoms with E-state index in [2.05, 4.69) is 137 Å². The summed E-state index contributed by atoms with van der Waals surface area (Å²) in [4.78, 5) is 0. The highest BCUT2D eigenvalue weighted by Crippen LogP contribution is 2.41. The van der Waals surface area contributed by atoms with Crippen molar-refractivity contribution in [2.45, 2.75) is 38.9 Å². The maximum Gasteiger partial charge on any atom is 0.494 e. The van der Waals surface area contributed by atoms with Crippen LogP contribution in [0.25, 0.3) is 55.3 Å². The van der Waals surface area contributed by atoms with Crippen molar-refractivity contribution >= 4 is 34.5 Å². The molecule has 2 heterocycles. The van der Waals surface area contributed by atoms with Gasteiger partial charge in [0, 0.05) is 21.9 Å². The second kappa shape index (κ2) is 9.23. The van der Waals surface area contributed by atoms with Crippen LogP contribution in [-0.2, 0) is 9.31 Å². The van der Waals surface area contributed by atoms with Crippen LogP contribution in [0.5, 0.6) is 0 Å². The standard InChI is InChI=1S/C36H31BO3/c1-35(2)36(3,4)40-37(39-35)28-21-19-25(20-22-28)29-15-9-17-31-32-18-10-16-30(34(32)38-33(29)31)27-14-8-13-26(23-27)24-11-6-5-7-12-24/h5-23H,1-4H3. The molecule has 4 heteroatoms. The Bertz CT molecular complexity index is 1830. The van der Waals surface area contributed by atoms with E-state index in [1.807, 2.05) is 6.07 Å². The first-order chi connectivity index (χ1) is 19.3. The molecule has 5 aromatic carbocycles. The monoisotopic (exact) mass is 522 g/mol. The Morgan fingerprint density at radius 1 is 0.475 bits per heavy atom. The Labute approximate surface area is 235 Å². The van der Waals surface area contributed by atoms with Crippen molar-refractivity contribution in [1.82, 2.24) is 0 Å². The van der Waals surface area contributed by atoms with Crippen molar-refractivity contribution in [2.24, 2.45) is 0 Å². The lowest BCUT2D eigenvalue weighted by atomic mass is 9.78. The summed E-state index contributed by atoms with van der Waals surface area (Å²) >= 11 is 0. The van der Waals surface area contributed by atoms with Gasteiger partial charge in [-0.2, -0.15) is 0 Å². The summed E-state index contributed by atoms with van der Waals surface area (Å²) in [7, 11) is -0.379. The third-order valence-electron chi connectivity index (χ3n) is 8.55. The molecule has 7 rings (SSSR count). The summed E-state index contributed by atoms with van der Waals surface area (Å²) in [6, 6.07) is 40.4. The lowest BCUT2D eigenvalue weighted by Crippen LogP contribution is -2.41. The van der Waals surface area contributed by atoms with Gasteiger partial charge in [-0.15, -0.1) is 0 Å². The Hall–Kier alpha value is -4.12. The summed E-state index contributed by atoms with van der Waals surface area (Å²) in [5.74, 6) is 0. The molecule has 0 unspecified atom stereocenters. The molecule has 0 aliphatic carbocycles. The van der Waals surface area contributed by atoms with Gasteiger partial charge in [0.05, 0.1) is 11.2 Å². The smallest absolute Gasteiger partial charge is 0.455 e. The van der Waals surface area contributed by atoms with Gasteiger partial charge in [-0.1, -0.05) is 109 Å². The van der Waals surface area contributed by atoms with Gasteiger partial charge in [-0.05, 0) is 61.5 Å². The van der Waals surface area contributed by atoms with Crippen molar-refractivity contribution in [3.05, 3.63) is 115 Å². The molecule has 1 saturated heterocycles. The van der Waals surface area contributed by atoms with Gasteiger partial charge in [0.25, 0.3) is 0 Å². The number of benzene rings is 5. The number of para-hydroxylation sites is 2. The molecule has 40 heavy (non-hydrogen) atoms. The summed E-state index contributed by atoms with van der Waals surface area (Å²) in [6.07, 6.45) is 0. The second-order valence-corrected chi connectivity index (χ2v) is 11.6. The van der Waals surface area contributed by atoms with Gasteiger partial charge >= 0.3 is 7.12 Å². The van der Waals surface area contributed by atoms with E-state index in [1.54, 1.807) is 0 Å². The van der Waals surface area contributed by atoms with Crippen LogP contribution in [0.15, 0.2) is 120 Å². The largest absolute Gasteiger partial charge is 0.494 e. The van der Waals surface area contributed by atoms with E-state index < -0.39 is 0 Å². The minimum absolute atomic E-state index is 0.367. The first-order valence-corrected chi connectivity index (χ1v) is 13.9. The number of hydrogen-bond acceptors (Lipinski definition) is 3. The van der Waals surface area contributed by atoms with Gasteiger partial charge in [0.2, 0.25) is 0 Å². The molecule has 0 amide bonds. The zero-order valence-corrected chi connectivity index (χ0v) is 23.3. The molecule has 0 N–H and O–H groups in total. The van der Waals surface area contributed by atoms with Crippen LogP contribution in [0.3, 0.4) is 0 Å². The van der Waals surface area contributed by atoms with Crippen molar-refractivity contribution in [3.8, 4) is 33.4 Å². The fourth-order valence-corrected chi connectivity index (χ4v) is 5.57. The predicted octanol–water partition coefficient (Wildman–Crippen LogP) is 8.89. The molecule has 1 aliphatic heterocycles. The highest BCUT2D eigenvalue weighted by Gasteiger charge is 2.51. The molecule has 1 fully saturated rings. The fraction of sp³-hybridized carbons (Fsp3) is 0.167. The number of rotatable bonds is 4. The summed E-state index contributed by atoms with van der Waals surface area (Å²) in [6.45, 7) is 8.32. The van der Waals surface area contributed by atoms with E-state index in [1.165, 1.54) is 11.1 Å². The van der Waals surface area contributed by atoms with E-state index in [0.29, 0.717) is 0 Å². The van der Waals surface area contributed by atoms with E-state index in [9.17, 15) is 0 Å². The Kier molecular flexibility index (Phi) is 5.74. The lowest BCUT2D eigenvalue weighted by molar-refractivity contribution is 0.00578. The van der Waals surface area contributed by atoms with Crippen LogP contribution >= 0.6 is 0 Å². The van der Waals surface area contributed by atoms with Crippen LogP contribution in [0.4, 0.5) is 0 Å². The summed E-state index contributed by atoms with van der Waals surface area (Å²) in [5, 5.41) is 2.23. The predicted molar refractivity (Wildman–Crippen MR) is 166 cm³/mol. The summed E-state index contributed by atoms with van der Waals surface area (Å²) in [5.41, 5.74) is 8.87. The van der Waals surface area contributed by atoms with Crippen LogP contribution in [0, 0.1) is 0 Å². The topological polar surface area (TPSA) is 31.6 Å². The molecular formula is C36H31BO3. The zero-order chi connectivity index (χ0) is 27.5. The molecule has 1 aromatic heterocycles. The van der Waals surface area contributed by atoms with Gasteiger partial charge in [0.1, 0.15) is 11.2 Å². The Morgan fingerprint density at radius 2 is 1.00 bits per heavy atom. The highest BCUT2D eigenvalue weighted by molar-refractivity contribution is 6.62. The van der Waals surface area contributed by atoms with E-state index in [4.69, 9.17) is 13.7 Å². The van der Waals surface area contributed by atoms with E-state index in [-0.39, 0.29) is 18.3 Å². The molecule has 0 atom stereocenters. The minimum Gasteiger partial charge on any atom is -0.455 e. The fourth-order valence-electron chi connectivity index (χ4n) is 5.57. The van der Waals surface area contributed by atoms with Crippen molar-refractivity contribution in [1.29, 1.82) is 0 Å². The Balaban J connectivity index is 1.29. The quantitative estimate of drug-likeness (QED) is 0.217. The molecule has 3 nitrogen and oxygen atoms in total. The number of fused-ring (bicyclic) bond motifs is 3. The maximum atomic E-state index is 6.70. The van der Waals surface area contributed by atoms with E-state index >= 15 is 0 Å². The molecule has 1 aliphatic rings. The van der Waals surface area contributed by atoms with E-state index in [0.717, 1.165) is 49.7 Å². The van der Waals surface area contributed by atoms with Crippen LogP contribution in [0.1, 0.15) is 27.7 Å². The van der Waals surface area contributed by atoms with Gasteiger partial charge in [-0.25, -0.2) is 0 Å².